The highest BCUT2D eigenvalue weighted by atomic mass is 19.1. The number of fused-ring (bicyclic) bond motifs is 1. The van der Waals surface area contributed by atoms with Crippen molar-refractivity contribution < 1.29 is 23.4 Å². The molecule has 2 aromatic rings. The van der Waals surface area contributed by atoms with Crippen molar-refractivity contribution in [1.82, 2.24) is 0 Å². The van der Waals surface area contributed by atoms with Gasteiger partial charge in [0.25, 0.3) is 0 Å². The Morgan fingerprint density at radius 1 is 1.00 bits per heavy atom. The van der Waals surface area contributed by atoms with Gasteiger partial charge in [-0.2, -0.15) is 0 Å². The Morgan fingerprint density at radius 2 is 1.67 bits per heavy atom. The lowest BCUT2D eigenvalue weighted by Gasteiger charge is -2.27. The van der Waals surface area contributed by atoms with Crippen molar-refractivity contribution in [2.75, 3.05) is 26.6 Å². The summed E-state index contributed by atoms with van der Waals surface area (Å²) in [5, 5.41) is 2.85. The molecular formula is C18H18FNO4. The van der Waals surface area contributed by atoms with Crippen LogP contribution in [0.1, 0.15) is 23.5 Å². The van der Waals surface area contributed by atoms with Crippen molar-refractivity contribution in [1.29, 1.82) is 0 Å². The van der Waals surface area contributed by atoms with Crippen molar-refractivity contribution in [3.8, 4) is 17.2 Å². The van der Waals surface area contributed by atoms with Crippen molar-refractivity contribution in [3.63, 3.8) is 0 Å². The van der Waals surface area contributed by atoms with Gasteiger partial charge in [0.15, 0.2) is 23.1 Å². The summed E-state index contributed by atoms with van der Waals surface area (Å²) in [6.45, 7) is 0. The molecule has 0 bridgehead atoms. The molecule has 0 saturated carbocycles. The van der Waals surface area contributed by atoms with Crippen LogP contribution in [0.2, 0.25) is 0 Å². The fourth-order valence-electron chi connectivity index (χ4n) is 2.98. The second-order valence-electron chi connectivity index (χ2n) is 5.49. The van der Waals surface area contributed by atoms with Gasteiger partial charge in [-0.15, -0.1) is 0 Å². The van der Waals surface area contributed by atoms with E-state index in [1.807, 2.05) is 6.07 Å². The molecule has 0 radical (unpaired) electrons. The molecule has 0 saturated heterocycles. The van der Waals surface area contributed by atoms with Crippen molar-refractivity contribution in [2.45, 2.75) is 12.3 Å². The van der Waals surface area contributed by atoms with E-state index in [0.29, 0.717) is 17.2 Å². The van der Waals surface area contributed by atoms with Gasteiger partial charge in [0, 0.05) is 24.1 Å². The van der Waals surface area contributed by atoms with Crippen LogP contribution in [0.15, 0.2) is 30.3 Å². The molecule has 3 rings (SSSR count). The third kappa shape index (κ3) is 2.75. The molecule has 0 aromatic heterocycles. The number of rotatable bonds is 4. The van der Waals surface area contributed by atoms with Crippen LogP contribution in [0.5, 0.6) is 17.2 Å². The average Bonchev–Trinajstić information content (AvgIpc) is 2.60. The van der Waals surface area contributed by atoms with Gasteiger partial charge in [0.05, 0.1) is 21.3 Å². The summed E-state index contributed by atoms with van der Waals surface area (Å²) in [5.41, 5.74) is 2.36. The van der Waals surface area contributed by atoms with E-state index in [1.54, 1.807) is 25.3 Å². The molecule has 6 heteroatoms. The Balaban J connectivity index is 2.13. The molecule has 1 heterocycles. The minimum absolute atomic E-state index is 0.108. The zero-order valence-corrected chi connectivity index (χ0v) is 13.7. The number of benzene rings is 2. The predicted molar refractivity (Wildman–Crippen MR) is 87.6 cm³/mol. The summed E-state index contributed by atoms with van der Waals surface area (Å²) < 4.78 is 29.4. The summed E-state index contributed by atoms with van der Waals surface area (Å²) in [6, 6.07) is 8.22. The molecule has 1 amide bonds. The van der Waals surface area contributed by atoms with Gasteiger partial charge in [-0.3, -0.25) is 4.79 Å². The minimum atomic E-state index is -0.436. The number of hydrogen-bond acceptors (Lipinski definition) is 4. The number of hydrogen-bond donors (Lipinski definition) is 1. The lowest BCUT2D eigenvalue weighted by molar-refractivity contribution is -0.116. The molecule has 126 valence electrons. The smallest absolute Gasteiger partial charge is 0.225 e. The molecular weight excluding hydrogens is 313 g/mol. The van der Waals surface area contributed by atoms with Gasteiger partial charge < -0.3 is 19.5 Å². The van der Waals surface area contributed by atoms with E-state index in [0.717, 1.165) is 11.1 Å². The molecule has 1 aliphatic rings. The Kier molecular flexibility index (Phi) is 4.29. The molecule has 1 aliphatic heterocycles. The van der Waals surface area contributed by atoms with E-state index in [-0.39, 0.29) is 24.0 Å². The second-order valence-corrected chi connectivity index (χ2v) is 5.49. The number of amides is 1. The van der Waals surface area contributed by atoms with Crippen molar-refractivity contribution in [2.24, 2.45) is 0 Å². The lowest BCUT2D eigenvalue weighted by Crippen LogP contribution is -2.23. The monoisotopic (exact) mass is 331 g/mol. The normalized spacial score (nSPS) is 16.2. The zero-order chi connectivity index (χ0) is 17.3. The molecule has 1 N–H and O–H groups in total. The maximum Gasteiger partial charge on any atom is 0.225 e. The van der Waals surface area contributed by atoms with Gasteiger partial charge in [0.1, 0.15) is 0 Å². The summed E-state index contributed by atoms with van der Waals surface area (Å²) >= 11 is 0. The Hall–Kier alpha value is -2.76. The van der Waals surface area contributed by atoms with Crippen LogP contribution < -0.4 is 19.5 Å². The Bertz CT molecular complexity index is 791. The van der Waals surface area contributed by atoms with E-state index < -0.39 is 5.82 Å². The molecule has 0 spiro atoms. The van der Waals surface area contributed by atoms with Crippen LogP contribution in [0.25, 0.3) is 0 Å². The standard InChI is InChI=1S/C18H18FNO4/c1-22-15-6-10(4-5-13(15)19)11-8-18(21)20-14-9-17(24-3)16(23-2)7-12(11)14/h4-7,9,11H,8H2,1-3H3,(H,20,21). The van der Waals surface area contributed by atoms with E-state index >= 15 is 0 Å². The molecule has 24 heavy (non-hydrogen) atoms. The topological polar surface area (TPSA) is 56.8 Å². The SMILES string of the molecule is COc1cc(C2CC(=O)Nc3cc(OC)c(OC)cc32)ccc1F. The van der Waals surface area contributed by atoms with Crippen LogP contribution in [-0.2, 0) is 4.79 Å². The fourth-order valence-corrected chi connectivity index (χ4v) is 2.98. The summed E-state index contributed by atoms with van der Waals surface area (Å²) in [7, 11) is 4.51. The lowest BCUT2D eigenvalue weighted by atomic mass is 9.84. The maximum absolute atomic E-state index is 13.7. The summed E-state index contributed by atoms with van der Waals surface area (Å²) in [6.07, 6.45) is 0.261. The zero-order valence-electron chi connectivity index (χ0n) is 13.7. The van der Waals surface area contributed by atoms with Gasteiger partial charge in [-0.25, -0.2) is 4.39 Å². The number of nitrogens with one attached hydrogen (secondary N) is 1. The third-order valence-corrected chi connectivity index (χ3v) is 4.17. The fraction of sp³-hybridized carbons (Fsp3) is 0.278. The quantitative estimate of drug-likeness (QED) is 0.934. The second kappa shape index (κ2) is 6.39. The van der Waals surface area contributed by atoms with Crippen LogP contribution in [-0.4, -0.2) is 27.2 Å². The highest BCUT2D eigenvalue weighted by Gasteiger charge is 2.29. The number of anilines is 1. The minimum Gasteiger partial charge on any atom is -0.494 e. The van der Waals surface area contributed by atoms with E-state index in [9.17, 15) is 9.18 Å². The molecule has 2 aromatic carbocycles. The highest BCUT2D eigenvalue weighted by molar-refractivity contribution is 5.96. The number of ether oxygens (including phenoxy) is 3. The van der Waals surface area contributed by atoms with Crippen LogP contribution in [0.4, 0.5) is 10.1 Å². The number of carbonyl (C=O) groups excluding carboxylic acids is 1. The van der Waals surface area contributed by atoms with Crippen molar-refractivity contribution >= 4 is 11.6 Å². The first-order valence-electron chi connectivity index (χ1n) is 7.46. The van der Waals surface area contributed by atoms with Gasteiger partial charge in [-0.1, -0.05) is 6.07 Å². The van der Waals surface area contributed by atoms with E-state index in [2.05, 4.69) is 5.32 Å². The first-order chi connectivity index (χ1) is 11.6. The maximum atomic E-state index is 13.7. The summed E-state index contributed by atoms with van der Waals surface area (Å²) in [5.74, 6) is 0.501. The van der Waals surface area contributed by atoms with E-state index in [1.165, 1.54) is 20.3 Å². The molecule has 1 atom stereocenters. The third-order valence-electron chi connectivity index (χ3n) is 4.17. The first-order valence-corrected chi connectivity index (χ1v) is 7.46. The molecule has 0 aliphatic carbocycles. The van der Waals surface area contributed by atoms with Crippen LogP contribution in [0.3, 0.4) is 0 Å². The van der Waals surface area contributed by atoms with Crippen molar-refractivity contribution in [3.05, 3.63) is 47.3 Å². The first kappa shape index (κ1) is 16.1. The van der Waals surface area contributed by atoms with Gasteiger partial charge in [-0.05, 0) is 29.3 Å². The van der Waals surface area contributed by atoms with Crippen LogP contribution >= 0.6 is 0 Å². The number of methoxy groups -OCH3 is 3. The molecule has 1 unspecified atom stereocenters. The molecule has 0 fully saturated rings. The average molecular weight is 331 g/mol. The Labute approximate surface area is 139 Å². The molecule has 5 nitrogen and oxygen atoms in total. The predicted octanol–water partition coefficient (Wildman–Crippen LogP) is 3.33. The van der Waals surface area contributed by atoms with Gasteiger partial charge in [0.2, 0.25) is 5.91 Å². The van der Waals surface area contributed by atoms with Crippen LogP contribution in [0, 0.1) is 5.82 Å². The van der Waals surface area contributed by atoms with E-state index in [4.69, 9.17) is 14.2 Å². The highest BCUT2D eigenvalue weighted by Crippen LogP contribution is 2.43. The summed E-state index contributed by atoms with van der Waals surface area (Å²) in [4.78, 5) is 12.1. The van der Waals surface area contributed by atoms with Gasteiger partial charge >= 0.3 is 0 Å². The Morgan fingerprint density at radius 3 is 2.33 bits per heavy atom. The largest absolute Gasteiger partial charge is 0.494 e. The number of halogens is 1. The number of carbonyl (C=O) groups is 1.